The van der Waals surface area contributed by atoms with E-state index in [-0.39, 0.29) is 0 Å². The Morgan fingerprint density at radius 2 is 2.07 bits per heavy atom. The van der Waals surface area contributed by atoms with Crippen molar-refractivity contribution in [1.29, 1.82) is 0 Å². The molecule has 0 atom stereocenters. The number of allylic oxidation sites excluding steroid dienone is 1. The van der Waals surface area contributed by atoms with Crippen LogP contribution in [0.5, 0.6) is 0 Å². The van der Waals surface area contributed by atoms with E-state index in [0.29, 0.717) is 0 Å². The quantitative estimate of drug-likeness (QED) is 0.608. The van der Waals surface area contributed by atoms with Gasteiger partial charge in [-0.3, -0.25) is 4.98 Å². The molecular weight excluding hydrogens is 170 g/mol. The van der Waals surface area contributed by atoms with Crippen molar-refractivity contribution in [3.05, 3.63) is 47.8 Å². The van der Waals surface area contributed by atoms with Gasteiger partial charge in [0, 0.05) is 12.4 Å². The summed E-state index contributed by atoms with van der Waals surface area (Å²) in [4.78, 5) is 4.13. The second-order valence-electron chi connectivity index (χ2n) is 3.67. The van der Waals surface area contributed by atoms with Crippen molar-refractivity contribution in [3.8, 4) is 11.1 Å². The van der Waals surface area contributed by atoms with Crippen LogP contribution in [0, 0.1) is 0 Å². The third-order valence-corrected chi connectivity index (χ3v) is 2.82. The average Bonchev–Trinajstić information content (AvgIpc) is 2.42. The van der Waals surface area contributed by atoms with Gasteiger partial charge >= 0.3 is 0 Å². The zero-order valence-electron chi connectivity index (χ0n) is 7.90. The molecule has 0 aromatic heterocycles. The van der Waals surface area contributed by atoms with E-state index in [9.17, 15) is 0 Å². The summed E-state index contributed by atoms with van der Waals surface area (Å²) < 4.78 is 0. The lowest BCUT2D eigenvalue weighted by atomic mass is 9.99. The Bertz CT molecular complexity index is 471. The molecule has 0 N–H and O–H groups in total. The lowest BCUT2D eigenvalue weighted by Gasteiger charge is -2.05. The molecular formula is C13H11N. The van der Waals surface area contributed by atoms with Gasteiger partial charge in [-0.2, -0.15) is 0 Å². The predicted octanol–water partition coefficient (Wildman–Crippen LogP) is 3.15. The molecule has 1 heteroatoms. The van der Waals surface area contributed by atoms with Crippen LogP contribution in [0.4, 0.5) is 0 Å². The van der Waals surface area contributed by atoms with E-state index in [1.54, 1.807) is 0 Å². The first-order chi connectivity index (χ1) is 6.95. The molecule has 1 nitrogen and oxygen atoms in total. The van der Waals surface area contributed by atoms with Gasteiger partial charge in [0.1, 0.15) is 0 Å². The highest BCUT2D eigenvalue weighted by molar-refractivity contribution is 5.79. The standard InChI is InChI=1S/C13H11N/c1-2-4-12-10(3-1)9-11-5-7-14-8-6-13(11)12/h1,3,5-9H,2,4H2. The van der Waals surface area contributed by atoms with Gasteiger partial charge in [0.15, 0.2) is 0 Å². The number of aromatic nitrogens is 1. The summed E-state index contributed by atoms with van der Waals surface area (Å²) in [5, 5.41) is 0. The first-order valence-electron chi connectivity index (χ1n) is 4.97. The fourth-order valence-corrected chi connectivity index (χ4v) is 2.15. The molecule has 0 saturated heterocycles. The van der Waals surface area contributed by atoms with Crippen molar-refractivity contribution in [2.45, 2.75) is 12.8 Å². The summed E-state index contributed by atoms with van der Waals surface area (Å²) in [5.74, 6) is 0. The van der Waals surface area contributed by atoms with E-state index in [0.717, 1.165) is 6.42 Å². The van der Waals surface area contributed by atoms with Gasteiger partial charge in [0.05, 0.1) is 0 Å². The van der Waals surface area contributed by atoms with Crippen LogP contribution in [0.3, 0.4) is 0 Å². The van der Waals surface area contributed by atoms with Crippen LogP contribution in [0.15, 0.2) is 36.7 Å². The molecule has 0 aromatic carbocycles. The molecule has 2 aliphatic carbocycles. The Kier molecular flexibility index (Phi) is 1.63. The lowest BCUT2D eigenvalue weighted by molar-refractivity contribution is 0.996. The van der Waals surface area contributed by atoms with Crippen LogP contribution in [0.1, 0.15) is 17.5 Å². The van der Waals surface area contributed by atoms with Gasteiger partial charge in [-0.05, 0) is 53.3 Å². The smallest absolute Gasteiger partial charge is 0.0274 e. The minimum atomic E-state index is 1.16. The van der Waals surface area contributed by atoms with Crippen molar-refractivity contribution in [1.82, 2.24) is 4.98 Å². The monoisotopic (exact) mass is 181 g/mol. The van der Waals surface area contributed by atoms with Crippen LogP contribution in [0.25, 0.3) is 17.2 Å². The predicted molar refractivity (Wildman–Crippen MR) is 58.2 cm³/mol. The van der Waals surface area contributed by atoms with E-state index >= 15 is 0 Å². The highest BCUT2D eigenvalue weighted by atomic mass is 14.6. The summed E-state index contributed by atoms with van der Waals surface area (Å²) in [6, 6.07) is 6.46. The van der Waals surface area contributed by atoms with E-state index < -0.39 is 0 Å². The molecule has 0 aromatic rings. The Morgan fingerprint density at radius 3 is 3.07 bits per heavy atom. The minimum absolute atomic E-state index is 1.16. The molecule has 0 saturated carbocycles. The van der Waals surface area contributed by atoms with Crippen LogP contribution >= 0.6 is 0 Å². The van der Waals surface area contributed by atoms with E-state index in [4.69, 9.17) is 0 Å². The van der Waals surface area contributed by atoms with E-state index in [1.165, 1.54) is 28.7 Å². The second-order valence-corrected chi connectivity index (χ2v) is 3.67. The van der Waals surface area contributed by atoms with Crippen LogP contribution in [0.2, 0.25) is 0 Å². The van der Waals surface area contributed by atoms with Crippen molar-refractivity contribution in [3.63, 3.8) is 0 Å². The van der Waals surface area contributed by atoms with Gasteiger partial charge < -0.3 is 0 Å². The summed E-state index contributed by atoms with van der Waals surface area (Å²) in [6.07, 6.45) is 10.5. The molecule has 14 heavy (non-hydrogen) atoms. The third kappa shape index (κ3) is 1.06. The number of nitrogens with zero attached hydrogens (tertiary/aromatic N) is 1. The van der Waals surface area contributed by atoms with Gasteiger partial charge in [-0.25, -0.2) is 0 Å². The molecule has 0 spiro atoms. The number of fused-ring (bicyclic) bond motifs is 3. The zero-order chi connectivity index (χ0) is 9.38. The molecule has 1 heterocycles. The Balaban J connectivity index is 2.33. The molecule has 0 radical (unpaired) electrons. The fourth-order valence-electron chi connectivity index (χ4n) is 2.15. The van der Waals surface area contributed by atoms with Crippen LogP contribution in [-0.4, -0.2) is 4.98 Å². The molecule has 1 aliphatic heterocycles. The highest BCUT2D eigenvalue weighted by Gasteiger charge is 2.14. The Morgan fingerprint density at radius 1 is 1.14 bits per heavy atom. The lowest BCUT2D eigenvalue weighted by Crippen LogP contribution is -1.89. The van der Waals surface area contributed by atoms with Crippen LogP contribution in [-0.2, 0) is 6.42 Å². The van der Waals surface area contributed by atoms with Crippen molar-refractivity contribution in [2.75, 3.05) is 0 Å². The summed E-state index contributed by atoms with van der Waals surface area (Å²) in [6.45, 7) is 0. The van der Waals surface area contributed by atoms with Crippen molar-refractivity contribution >= 4 is 6.08 Å². The van der Waals surface area contributed by atoms with Crippen molar-refractivity contribution < 1.29 is 0 Å². The number of rotatable bonds is 0. The van der Waals surface area contributed by atoms with Gasteiger partial charge in [-0.1, -0.05) is 12.2 Å². The van der Waals surface area contributed by atoms with E-state index in [2.05, 4.69) is 35.3 Å². The molecule has 0 bridgehead atoms. The van der Waals surface area contributed by atoms with E-state index in [1.807, 2.05) is 12.4 Å². The minimum Gasteiger partial charge on any atom is -0.265 e. The summed E-state index contributed by atoms with van der Waals surface area (Å²) in [5.41, 5.74) is 5.54. The molecule has 0 amide bonds. The molecule has 0 fully saturated rings. The topological polar surface area (TPSA) is 12.9 Å². The largest absolute Gasteiger partial charge is 0.265 e. The maximum Gasteiger partial charge on any atom is 0.0274 e. The van der Waals surface area contributed by atoms with Gasteiger partial charge in [-0.15, -0.1) is 0 Å². The van der Waals surface area contributed by atoms with Gasteiger partial charge in [0.25, 0.3) is 0 Å². The SMILES string of the molecule is C1=Cc2cc3ccnccc-3c2CC1. The zero-order valence-corrected chi connectivity index (χ0v) is 7.90. The second kappa shape index (κ2) is 2.95. The van der Waals surface area contributed by atoms with Crippen LogP contribution < -0.4 is 0 Å². The first-order valence-corrected chi connectivity index (χ1v) is 4.97. The maximum atomic E-state index is 4.13. The number of hydrogen-bond donors (Lipinski definition) is 0. The average molecular weight is 181 g/mol. The Labute approximate surface area is 83.5 Å². The summed E-state index contributed by atoms with van der Waals surface area (Å²) >= 11 is 0. The number of hydrogen-bond acceptors (Lipinski definition) is 1. The molecule has 0 unspecified atom stereocenters. The fraction of sp³-hybridized carbons (Fsp3) is 0.154. The molecule has 68 valence electrons. The first kappa shape index (κ1) is 7.74. The van der Waals surface area contributed by atoms with Crippen molar-refractivity contribution in [2.24, 2.45) is 0 Å². The normalized spacial score (nSPS) is 14.3. The third-order valence-electron chi connectivity index (χ3n) is 2.82. The molecule has 3 rings (SSSR count). The highest BCUT2D eigenvalue weighted by Crippen LogP contribution is 2.34. The maximum absolute atomic E-state index is 4.13. The van der Waals surface area contributed by atoms with Gasteiger partial charge in [0.2, 0.25) is 0 Å². The Hall–Kier alpha value is -1.63. The summed E-state index contributed by atoms with van der Waals surface area (Å²) in [7, 11) is 0. The molecule has 3 aliphatic rings.